The summed E-state index contributed by atoms with van der Waals surface area (Å²) < 4.78 is 13.1. The van der Waals surface area contributed by atoms with Gasteiger partial charge in [0.2, 0.25) is 5.95 Å². The number of nitrogens with zero attached hydrogens (tertiary/aromatic N) is 2. The van der Waals surface area contributed by atoms with Crippen LogP contribution in [0.1, 0.15) is 29.0 Å². The molecule has 20 heavy (non-hydrogen) atoms. The molecule has 1 N–H and O–H groups in total. The van der Waals surface area contributed by atoms with E-state index in [4.69, 9.17) is 0 Å². The number of benzene rings is 1. The molecule has 0 aliphatic rings. The lowest BCUT2D eigenvalue weighted by atomic mass is 10.1. The molecule has 0 saturated heterocycles. The summed E-state index contributed by atoms with van der Waals surface area (Å²) in [6.07, 6.45) is 0. The lowest BCUT2D eigenvalue weighted by Gasteiger charge is -2.25. The molecule has 0 aliphatic heterocycles. The number of phenolic OH excluding ortho intramolecular Hbond substituents is 1. The Labute approximate surface area is 116 Å². The number of pyridine rings is 1. The summed E-state index contributed by atoms with van der Waals surface area (Å²) in [6.45, 7) is 1.78. The fraction of sp³-hybridized carbons (Fsp3) is 0.200. The summed E-state index contributed by atoms with van der Waals surface area (Å²) in [5.74, 6) is -0.980. The van der Waals surface area contributed by atoms with Crippen molar-refractivity contribution < 1.29 is 14.3 Å². The average molecular weight is 274 g/mol. The molecule has 1 atom stereocenters. The van der Waals surface area contributed by atoms with E-state index in [9.17, 15) is 14.3 Å². The number of hydrogen-bond donors (Lipinski definition) is 1. The molecule has 1 heterocycles. The third kappa shape index (κ3) is 2.77. The van der Waals surface area contributed by atoms with Crippen molar-refractivity contribution in [3.05, 3.63) is 59.7 Å². The normalized spacial score (nSPS) is 11.9. The lowest BCUT2D eigenvalue weighted by molar-refractivity contribution is 0.0734. The van der Waals surface area contributed by atoms with Crippen molar-refractivity contribution in [2.24, 2.45) is 0 Å². The van der Waals surface area contributed by atoms with Crippen LogP contribution in [0.15, 0.2) is 42.5 Å². The van der Waals surface area contributed by atoms with Gasteiger partial charge in [0.15, 0.2) is 0 Å². The van der Waals surface area contributed by atoms with Gasteiger partial charge in [0.05, 0.1) is 6.04 Å². The van der Waals surface area contributed by atoms with Crippen LogP contribution in [0, 0.1) is 5.95 Å². The standard InChI is InChI=1S/C15H15FN2O2/c1-10(11-6-3-4-8-13(11)19)18(2)15(20)12-7-5-9-14(16)17-12/h3-10,19H,1-2H3. The smallest absolute Gasteiger partial charge is 0.272 e. The largest absolute Gasteiger partial charge is 0.508 e. The van der Waals surface area contributed by atoms with Crippen LogP contribution >= 0.6 is 0 Å². The SMILES string of the molecule is CC(c1ccccc1O)N(C)C(=O)c1cccc(F)n1. The van der Waals surface area contributed by atoms with Crippen LogP contribution in [0.25, 0.3) is 0 Å². The van der Waals surface area contributed by atoms with E-state index in [1.54, 1.807) is 38.2 Å². The topological polar surface area (TPSA) is 53.4 Å². The maximum atomic E-state index is 13.1. The quantitative estimate of drug-likeness (QED) is 0.876. The Morgan fingerprint density at radius 2 is 1.95 bits per heavy atom. The maximum absolute atomic E-state index is 13.1. The zero-order chi connectivity index (χ0) is 14.7. The summed E-state index contributed by atoms with van der Waals surface area (Å²) in [7, 11) is 1.59. The van der Waals surface area contributed by atoms with Crippen molar-refractivity contribution in [2.75, 3.05) is 7.05 Å². The number of carbonyl (C=O) groups is 1. The van der Waals surface area contributed by atoms with Gasteiger partial charge in [-0.2, -0.15) is 4.39 Å². The number of aromatic nitrogens is 1. The van der Waals surface area contributed by atoms with Gasteiger partial charge in [-0.05, 0) is 25.1 Å². The monoisotopic (exact) mass is 274 g/mol. The minimum Gasteiger partial charge on any atom is -0.508 e. The third-order valence-electron chi connectivity index (χ3n) is 3.22. The number of aromatic hydroxyl groups is 1. The first kappa shape index (κ1) is 14.0. The number of amides is 1. The van der Waals surface area contributed by atoms with Crippen LogP contribution in [-0.4, -0.2) is 27.9 Å². The van der Waals surface area contributed by atoms with Crippen molar-refractivity contribution in [3.8, 4) is 5.75 Å². The van der Waals surface area contributed by atoms with E-state index in [1.165, 1.54) is 23.1 Å². The van der Waals surface area contributed by atoms with Gasteiger partial charge in [0, 0.05) is 12.6 Å². The molecule has 104 valence electrons. The molecule has 1 aromatic heterocycles. The van der Waals surface area contributed by atoms with Gasteiger partial charge < -0.3 is 10.0 Å². The predicted molar refractivity (Wildman–Crippen MR) is 72.8 cm³/mol. The van der Waals surface area contributed by atoms with Gasteiger partial charge in [0.25, 0.3) is 5.91 Å². The number of para-hydroxylation sites is 1. The molecule has 1 amide bonds. The van der Waals surface area contributed by atoms with Crippen LogP contribution in [0.4, 0.5) is 4.39 Å². The second kappa shape index (κ2) is 5.69. The van der Waals surface area contributed by atoms with E-state index < -0.39 is 11.9 Å². The number of phenols is 1. The van der Waals surface area contributed by atoms with Gasteiger partial charge >= 0.3 is 0 Å². The number of halogens is 1. The van der Waals surface area contributed by atoms with Gasteiger partial charge in [-0.25, -0.2) is 4.98 Å². The molecule has 0 saturated carbocycles. The van der Waals surface area contributed by atoms with Crippen LogP contribution in [0.5, 0.6) is 5.75 Å². The van der Waals surface area contributed by atoms with E-state index in [0.29, 0.717) is 5.56 Å². The van der Waals surface area contributed by atoms with Gasteiger partial charge in [-0.1, -0.05) is 24.3 Å². The summed E-state index contributed by atoms with van der Waals surface area (Å²) >= 11 is 0. The number of carbonyl (C=O) groups excluding carboxylic acids is 1. The summed E-state index contributed by atoms with van der Waals surface area (Å²) in [6, 6.07) is 10.5. The van der Waals surface area contributed by atoms with E-state index >= 15 is 0 Å². The molecule has 0 radical (unpaired) electrons. The zero-order valence-corrected chi connectivity index (χ0v) is 11.2. The highest BCUT2D eigenvalue weighted by molar-refractivity contribution is 5.92. The molecule has 1 unspecified atom stereocenters. The highest BCUT2D eigenvalue weighted by Gasteiger charge is 2.21. The second-order valence-corrected chi connectivity index (χ2v) is 4.50. The molecule has 2 aromatic rings. The van der Waals surface area contributed by atoms with Crippen molar-refractivity contribution in [3.63, 3.8) is 0 Å². The molecular formula is C15H15FN2O2. The summed E-state index contributed by atoms with van der Waals surface area (Å²) in [4.78, 5) is 17.2. The molecule has 0 aliphatic carbocycles. The first-order valence-corrected chi connectivity index (χ1v) is 6.18. The first-order valence-electron chi connectivity index (χ1n) is 6.18. The van der Waals surface area contributed by atoms with Crippen molar-refractivity contribution in [1.82, 2.24) is 9.88 Å². The Bertz CT molecular complexity index is 631. The Kier molecular flexibility index (Phi) is 3.98. The minimum atomic E-state index is -0.695. The first-order chi connectivity index (χ1) is 9.50. The second-order valence-electron chi connectivity index (χ2n) is 4.50. The van der Waals surface area contributed by atoms with Crippen LogP contribution in [0.2, 0.25) is 0 Å². The van der Waals surface area contributed by atoms with E-state index in [-0.39, 0.29) is 17.5 Å². The van der Waals surface area contributed by atoms with E-state index in [1.807, 2.05) is 0 Å². The molecule has 2 rings (SSSR count). The molecule has 5 heteroatoms. The lowest BCUT2D eigenvalue weighted by Crippen LogP contribution is -2.30. The van der Waals surface area contributed by atoms with Gasteiger partial charge in [-0.15, -0.1) is 0 Å². The molecule has 0 spiro atoms. The summed E-state index contributed by atoms with van der Waals surface area (Å²) in [5, 5.41) is 9.81. The minimum absolute atomic E-state index is 0.0368. The number of rotatable bonds is 3. The fourth-order valence-corrected chi connectivity index (χ4v) is 1.93. The predicted octanol–water partition coefficient (Wildman–Crippen LogP) is 2.76. The molecular weight excluding hydrogens is 259 g/mol. The molecule has 1 aromatic carbocycles. The highest BCUT2D eigenvalue weighted by atomic mass is 19.1. The number of hydrogen-bond acceptors (Lipinski definition) is 3. The van der Waals surface area contributed by atoms with Crippen LogP contribution < -0.4 is 0 Å². The Balaban J connectivity index is 2.25. The Morgan fingerprint density at radius 1 is 1.25 bits per heavy atom. The summed E-state index contributed by atoms with van der Waals surface area (Å²) in [5.41, 5.74) is 0.662. The molecule has 0 bridgehead atoms. The average Bonchev–Trinajstić information content (AvgIpc) is 2.45. The molecule has 0 fully saturated rings. The zero-order valence-electron chi connectivity index (χ0n) is 11.2. The Morgan fingerprint density at radius 3 is 2.60 bits per heavy atom. The van der Waals surface area contributed by atoms with E-state index in [0.717, 1.165) is 0 Å². The molecule has 4 nitrogen and oxygen atoms in total. The highest BCUT2D eigenvalue weighted by Crippen LogP contribution is 2.27. The van der Waals surface area contributed by atoms with E-state index in [2.05, 4.69) is 4.98 Å². The van der Waals surface area contributed by atoms with Crippen molar-refractivity contribution in [2.45, 2.75) is 13.0 Å². The van der Waals surface area contributed by atoms with Crippen LogP contribution in [-0.2, 0) is 0 Å². The fourth-order valence-electron chi connectivity index (χ4n) is 1.93. The van der Waals surface area contributed by atoms with Crippen molar-refractivity contribution in [1.29, 1.82) is 0 Å². The van der Waals surface area contributed by atoms with Crippen LogP contribution in [0.3, 0.4) is 0 Å². The van der Waals surface area contributed by atoms with Gasteiger partial charge in [-0.3, -0.25) is 4.79 Å². The van der Waals surface area contributed by atoms with Gasteiger partial charge in [0.1, 0.15) is 11.4 Å². The Hall–Kier alpha value is -2.43. The maximum Gasteiger partial charge on any atom is 0.272 e. The third-order valence-corrected chi connectivity index (χ3v) is 3.22. The van der Waals surface area contributed by atoms with Crippen molar-refractivity contribution >= 4 is 5.91 Å².